The van der Waals surface area contributed by atoms with Crippen LogP contribution in [0, 0.1) is 0 Å². The molecule has 21 heavy (non-hydrogen) atoms. The second-order valence-corrected chi connectivity index (χ2v) is 6.76. The zero-order chi connectivity index (χ0) is 14.8. The Morgan fingerprint density at radius 2 is 2.14 bits per heavy atom. The fourth-order valence-electron chi connectivity index (χ4n) is 2.30. The van der Waals surface area contributed by atoms with Gasteiger partial charge in [-0.05, 0) is 47.7 Å². The van der Waals surface area contributed by atoms with Crippen molar-refractivity contribution in [3.8, 4) is 5.75 Å². The maximum atomic E-state index is 12.1. The molecule has 0 saturated heterocycles. The van der Waals surface area contributed by atoms with Gasteiger partial charge in [-0.15, -0.1) is 0 Å². The molecule has 0 bridgehead atoms. The fraction of sp³-hybridized carbons (Fsp3) is 0.562. The zero-order valence-electron chi connectivity index (χ0n) is 12.3. The number of hydrogen-bond acceptors (Lipinski definition) is 3. The molecule has 0 spiro atoms. The smallest absolute Gasteiger partial charge is 0.260 e. The molecule has 0 unspecified atom stereocenters. The maximum Gasteiger partial charge on any atom is 0.260 e. The van der Waals surface area contributed by atoms with Crippen LogP contribution in [0.3, 0.4) is 0 Å². The van der Waals surface area contributed by atoms with Crippen molar-refractivity contribution in [2.24, 2.45) is 0 Å². The second kappa shape index (κ2) is 6.36. The van der Waals surface area contributed by atoms with Gasteiger partial charge in [0.05, 0.1) is 4.47 Å². The summed E-state index contributed by atoms with van der Waals surface area (Å²) in [7, 11) is 1.86. The molecule has 1 aromatic carbocycles. The van der Waals surface area contributed by atoms with Crippen LogP contribution < -0.4 is 10.1 Å². The topological polar surface area (TPSA) is 41.6 Å². The molecule has 1 N–H and O–H groups in total. The lowest BCUT2D eigenvalue weighted by atomic mass is 10.2. The molecule has 0 radical (unpaired) electrons. The number of benzene rings is 1. The Morgan fingerprint density at radius 1 is 1.38 bits per heavy atom. The van der Waals surface area contributed by atoms with Crippen LogP contribution in [0.15, 0.2) is 22.7 Å². The van der Waals surface area contributed by atoms with Gasteiger partial charge in [-0.3, -0.25) is 4.79 Å². The Bertz CT molecular complexity index is 527. The largest absolute Gasteiger partial charge is 0.482 e. The Hall–Kier alpha value is -1.07. The number of likely N-dealkylation sites (N-methyl/N-ethyl adjacent to an activating group) is 1. The van der Waals surface area contributed by atoms with E-state index in [1.807, 2.05) is 25.2 Å². The lowest BCUT2D eigenvalue weighted by molar-refractivity contribution is -0.132. The highest BCUT2D eigenvalue weighted by molar-refractivity contribution is 9.10. The summed E-state index contributed by atoms with van der Waals surface area (Å²) in [4.78, 5) is 13.9. The molecule has 0 aliphatic heterocycles. The van der Waals surface area contributed by atoms with Crippen molar-refractivity contribution in [2.45, 2.75) is 44.3 Å². The normalized spacial score (nSPS) is 17.6. The minimum atomic E-state index is 0.0503. The number of nitrogens with one attached hydrogen (secondary N) is 1. The summed E-state index contributed by atoms with van der Waals surface area (Å²) in [6, 6.07) is 7.07. The predicted molar refractivity (Wildman–Crippen MR) is 85.3 cm³/mol. The Kier molecular flexibility index (Phi) is 4.50. The summed E-state index contributed by atoms with van der Waals surface area (Å²) in [5.74, 6) is 0.831. The van der Waals surface area contributed by atoms with Gasteiger partial charge in [0.2, 0.25) is 0 Å². The van der Waals surface area contributed by atoms with Gasteiger partial charge in [0.15, 0.2) is 6.61 Å². The highest BCUT2D eigenvalue weighted by atomic mass is 79.9. The third-order valence-electron chi connectivity index (χ3n) is 4.04. The van der Waals surface area contributed by atoms with Crippen LogP contribution in [0.2, 0.25) is 0 Å². The van der Waals surface area contributed by atoms with E-state index in [0.717, 1.165) is 35.2 Å². The highest BCUT2D eigenvalue weighted by Crippen LogP contribution is 2.31. The summed E-state index contributed by atoms with van der Waals surface area (Å²) in [6.45, 7) is 0.887. The van der Waals surface area contributed by atoms with Crippen molar-refractivity contribution < 1.29 is 9.53 Å². The van der Waals surface area contributed by atoms with Crippen LogP contribution in [-0.2, 0) is 11.3 Å². The average molecular weight is 353 g/mol. The number of carbonyl (C=O) groups excluding carboxylic acids is 1. The number of carbonyl (C=O) groups is 1. The summed E-state index contributed by atoms with van der Waals surface area (Å²) >= 11 is 3.52. The van der Waals surface area contributed by atoms with Gasteiger partial charge in [0.25, 0.3) is 5.91 Å². The first kappa shape index (κ1) is 14.9. The molecule has 0 aromatic heterocycles. The quantitative estimate of drug-likeness (QED) is 0.820. The molecular weight excluding hydrogens is 332 g/mol. The molecule has 1 aromatic rings. The number of hydrogen-bond donors (Lipinski definition) is 1. The number of nitrogens with zero attached hydrogens (tertiary/aromatic N) is 1. The van der Waals surface area contributed by atoms with Gasteiger partial charge in [-0.25, -0.2) is 0 Å². The SMILES string of the molecule is CN(C(=O)COc1c(Br)cccc1CNC1CC1)C1CC1. The van der Waals surface area contributed by atoms with Crippen LogP contribution in [0.5, 0.6) is 5.75 Å². The first-order chi connectivity index (χ1) is 10.1. The molecule has 0 atom stereocenters. The van der Waals surface area contributed by atoms with Gasteiger partial charge in [0.1, 0.15) is 5.75 Å². The van der Waals surface area contributed by atoms with Gasteiger partial charge >= 0.3 is 0 Å². The molecule has 5 heteroatoms. The molecule has 2 fully saturated rings. The first-order valence-corrected chi connectivity index (χ1v) is 8.33. The lowest BCUT2D eigenvalue weighted by Gasteiger charge is -2.18. The van der Waals surface area contributed by atoms with Crippen LogP contribution in [0.25, 0.3) is 0 Å². The van der Waals surface area contributed by atoms with Crippen molar-refractivity contribution in [3.63, 3.8) is 0 Å². The van der Waals surface area contributed by atoms with Crippen molar-refractivity contribution >= 4 is 21.8 Å². The Morgan fingerprint density at radius 3 is 2.81 bits per heavy atom. The van der Waals surface area contributed by atoms with Crippen molar-refractivity contribution in [3.05, 3.63) is 28.2 Å². The van der Waals surface area contributed by atoms with E-state index in [-0.39, 0.29) is 12.5 Å². The van der Waals surface area contributed by atoms with Crippen LogP contribution in [0.4, 0.5) is 0 Å². The summed E-state index contributed by atoms with van der Waals surface area (Å²) in [5, 5.41) is 3.48. The third-order valence-corrected chi connectivity index (χ3v) is 4.66. The molecule has 114 valence electrons. The third kappa shape index (κ3) is 3.98. The number of para-hydroxylation sites is 1. The summed E-state index contributed by atoms with van der Waals surface area (Å²) in [6.07, 6.45) is 4.76. The Balaban J connectivity index is 1.60. The molecule has 4 nitrogen and oxygen atoms in total. The standard InChI is InChI=1S/C16H21BrN2O2/c1-19(13-7-8-13)15(20)10-21-16-11(3-2-4-14(16)17)9-18-12-5-6-12/h2-4,12-13,18H,5-10H2,1H3. The van der Waals surface area contributed by atoms with Crippen LogP contribution in [0.1, 0.15) is 31.2 Å². The van der Waals surface area contributed by atoms with Crippen LogP contribution >= 0.6 is 15.9 Å². The van der Waals surface area contributed by atoms with E-state index in [1.165, 1.54) is 12.8 Å². The van der Waals surface area contributed by atoms with Gasteiger partial charge in [-0.1, -0.05) is 12.1 Å². The van der Waals surface area contributed by atoms with E-state index in [0.29, 0.717) is 12.1 Å². The van der Waals surface area contributed by atoms with E-state index in [4.69, 9.17) is 4.74 Å². The van der Waals surface area contributed by atoms with E-state index >= 15 is 0 Å². The van der Waals surface area contributed by atoms with Crippen LogP contribution in [-0.4, -0.2) is 36.5 Å². The molecule has 2 saturated carbocycles. The van der Waals surface area contributed by atoms with E-state index in [2.05, 4.69) is 21.2 Å². The van der Waals surface area contributed by atoms with Gasteiger partial charge in [0, 0.05) is 31.2 Å². The minimum absolute atomic E-state index is 0.0503. The van der Waals surface area contributed by atoms with E-state index in [9.17, 15) is 4.79 Å². The second-order valence-electron chi connectivity index (χ2n) is 5.91. The van der Waals surface area contributed by atoms with E-state index in [1.54, 1.807) is 4.90 Å². The van der Waals surface area contributed by atoms with Crippen molar-refractivity contribution in [1.29, 1.82) is 0 Å². The average Bonchev–Trinajstić information content (AvgIpc) is 3.36. The lowest BCUT2D eigenvalue weighted by Crippen LogP contribution is -2.33. The number of ether oxygens (including phenoxy) is 1. The van der Waals surface area contributed by atoms with Gasteiger partial charge in [-0.2, -0.15) is 0 Å². The van der Waals surface area contributed by atoms with E-state index < -0.39 is 0 Å². The first-order valence-electron chi connectivity index (χ1n) is 7.54. The van der Waals surface area contributed by atoms with Crippen molar-refractivity contribution in [2.75, 3.05) is 13.7 Å². The van der Waals surface area contributed by atoms with Crippen molar-refractivity contribution in [1.82, 2.24) is 10.2 Å². The highest BCUT2D eigenvalue weighted by Gasteiger charge is 2.29. The molecule has 2 aliphatic rings. The molecule has 1 amide bonds. The molecule has 0 heterocycles. The number of amides is 1. The number of halogens is 1. The minimum Gasteiger partial charge on any atom is -0.482 e. The fourth-order valence-corrected chi connectivity index (χ4v) is 2.82. The van der Waals surface area contributed by atoms with Gasteiger partial charge < -0.3 is 15.0 Å². The Labute approximate surface area is 134 Å². The molecule has 2 aliphatic carbocycles. The molecule has 3 rings (SSSR count). The predicted octanol–water partition coefficient (Wildman–Crippen LogP) is 2.70. The summed E-state index contributed by atoms with van der Waals surface area (Å²) in [5.41, 5.74) is 1.10. The monoisotopic (exact) mass is 352 g/mol. The maximum absolute atomic E-state index is 12.1. The summed E-state index contributed by atoms with van der Waals surface area (Å²) < 4.78 is 6.71. The number of rotatable bonds is 7. The molecular formula is C16H21BrN2O2. The zero-order valence-corrected chi connectivity index (χ0v) is 13.9.